The predicted molar refractivity (Wildman–Crippen MR) is 139 cm³/mol. The van der Waals surface area contributed by atoms with E-state index < -0.39 is 11.6 Å². The van der Waals surface area contributed by atoms with E-state index in [1.165, 1.54) is 44.9 Å². The fourth-order valence-electron chi connectivity index (χ4n) is 3.95. The maximum absolute atomic E-state index is 6.47. The number of rotatable bonds is 19. The molecule has 4 heteroatoms. The van der Waals surface area contributed by atoms with E-state index in [0.29, 0.717) is 0 Å². The number of methoxy groups -OCH3 is 1. The van der Waals surface area contributed by atoms with Crippen LogP contribution in [-0.4, -0.2) is 37.0 Å². The summed E-state index contributed by atoms with van der Waals surface area (Å²) in [6.07, 6.45) is 14.3. The van der Waals surface area contributed by atoms with E-state index in [0.717, 1.165) is 25.7 Å². The standard InChI is InChI=1S/C25H52O4.C3H6/c1-10-12-14-15-16-18-20-24(26-9,19-17-13-11-2)25(27-21(3)4,28-22(5)6)29-23(7)8;1-3-2/h21-23H,10-20H2,1-9H3;3H,1H2,2H3. The molecule has 0 fully saturated rings. The molecule has 0 radical (unpaired) electrons. The van der Waals surface area contributed by atoms with E-state index >= 15 is 0 Å². The average molecular weight is 459 g/mol. The van der Waals surface area contributed by atoms with Crippen molar-refractivity contribution >= 4 is 0 Å². The SMILES string of the molecule is C=CC.CCCCCCCCC(CCCCC)(OC)C(OC(C)C)(OC(C)C)OC(C)C. The minimum atomic E-state index is -1.20. The lowest BCUT2D eigenvalue weighted by Crippen LogP contribution is -2.63. The van der Waals surface area contributed by atoms with Crippen molar-refractivity contribution in [1.82, 2.24) is 0 Å². The van der Waals surface area contributed by atoms with Crippen LogP contribution >= 0.6 is 0 Å². The molecule has 0 spiro atoms. The fourth-order valence-corrected chi connectivity index (χ4v) is 3.95. The minimum absolute atomic E-state index is 0.0299. The highest BCUT2D eigenvalue weighted by Gasteiger charge is 2.57. The van der Waals surface area contributed by atoms with Gasteiger partial charge in [0.25, 0.3) is 0 Å². The van der Waals surface area contributed by atoms with Crippen molar-refractivity contribution in [2.45, 2.75) is 163 Å². The van der Waals surface area contributed by atoms with Crippen LogP contribution in [-0.2, 0) is 18.9 Å². The lowest BCUT2D eigenvalue weighted by molar-refractivity contribution is -0.469. The van der Waals surface area contributed by atoms with Crippen LogP contribution in [0.4, 0.5) is 0 Å². The molecule has 0 N–H and O–H groups in total. The third kappa shape index (κ3) is 14.0. The second-order valence-corrected chi connectivity index (χ2v) is 9.64. The smallest absolute Gasteiger partial charge is 0.314 e. The van der Waals surface area contributed by atoms with Gasteiger partial charge in [0.05, 0.1) is 18.3 Å². The van der Waals surface area contributed by atoms with Crippen LogP contribution < -0.4 is 0 Å². The number of unbranched alkanes of at least 4 members (excludes halogenated alkanes) is 7. The van der Waals surface area contributed by atoms with Crippen LogP contribution in [0.5, 0.6) is 0 Å². The molecule has 32 heavy (non-hydrogen) atoms. The Morgan fingerprint density at radius 2 is 0.969 bits per heavy atom. The van der Waals surface area contributed by atoms with Crippen LogP contribution in [0.25, 0.3) is 0 Å². The van der Waals surface area contributed by atoms with Crippen molar-refractivity contribution in [2.75, 3.05) is 7.11 Å². The number of allylic oxidation sites excluding steroid dienone is 1. The van der Waals surface area contributed by atoms with Crippen molar-refractivity contribution in [3.05, 3.63) is 12.7 Å². The maximum Gasteiger partial charge on any atom is 0.314 e. The summed E-state index contributed by atoms with van der Waals surface area (Å²) in [7, 11) is 1.80. The van der Waals surface area contributed by atoms with Crippen LogP contribution in [0.2, 0.25) is 0 Å². The lowest BCUT2D eigenvalue weighted by atomic mass is 9.86. The fraction of sp³-hybridized carbons (Fsp3) is 0.929. The number of ether oxygens (including phenoxy) is 4. The van der Waals surface area contributed by atoms with Gasteiger partial charge in [-0.15, -0.1) is 6.58 Å². The molecule has 0 aliphatic heterocycles. The van der Waals surface area contributed by atoms with Gasteiger partial charge in [-0.2, -0.15) is 0 Å². The Bertz CT molecular complexity index is 393. The van der Waals surface area contributed by atoms with Gasteiger partial charge >= 0.3 is 5.97 Å². The molecule has 4 nitrogen and oxygen atoms in total. The van der Waals surface area contributed by atoms with E-state index in [9.17, 15) is 0 Å². The van der Waals surface area contributed by atoms with Crippen LogP contribution in [0.3, 0.4) is 0 Å². The number of hydrogen-bond donors (Lipinski definition) is 0. The van der Waals surface area contributed by atoms with E-state index in [2.05, 4.69) is 20.4 Å². The zero-order chi connectivity index (χ0) is 25.0. The Kier molecular flexibility index (Phi) is 21.1. The summed E-state index contributed by atoms with van der Waals surface area (Å²) >= 11 is 0. The quantitative estimate of drug-likeness (QED) is 0.110. The molecule has 0 aliphatic carbocycles. The Labute approximate surface area is 201 Å². The zero-order valence-electron chi connectivity index (χ0n) is 23.4. The molecule has 0 aromatic heterocycles. The molecule has 0 aromatic rings. The maximum atomic E-state index is 6.47. The van der Waals surface area contributed by atoms with Gasteiger partial charge in [-0.25, -0.2) is 0 Å². The van der Waals surface area contributed by atoms with E-state index in [1.807, 2.05) is 48.5 Å². The van der Waals surface area contributed by atoms with Crippen molar-refractivity contribution in [3.8, 4) is 0 Å². The summed E-state index contributed by atoms with van der Waals surface area (Å²) in [5.74, 6) is -1.20. The highest BCUT2D eigenvalue weighted by Crippen LogP contribution is 2.43. The van der Waals surface area contributed by atoms with Gasteiger partial charge in [-0.3, -0.25) is 0 Å². The summed E-state index contributed by atoms with van der Waals surface area (Å²) in [5.41, 5.74) is -0.619. The molecule has 0 aliphatic rings. The van der Waals surface area contributed by atoms with Crippen molar-refractivity contribution < 1.29 is 18.9 Å². The van der Waals surface area contributed by atoms with Crippen molar-refractivity contribution in [3.63, 3.8) is 0 Å². The first-order chi connectivity index (χ1) is 15.1. The van der Waals surface area contributed by atoms with Crippen LogP contribution in [0.1, 0.15) is 133 Å². The first kappa shape index (κ1) is 33.8. The molecule has 0 aromatic carbocycles. The highest BCUT2D eigenvalue weighted by molar-refractivity contribution is 4.93. The van der Waals surface area contributed by atoms with Gasteiger partial charge in [0, 0.05) is 7.11 Å². The van der Waals surface area contributed by atoms with E-state index in [4.69, 9.17) is 18.9 Å². The molecular formula is C28H58O4. The topological polar surface area (TPSA) is 36.9 Å². The molecule has 1 atom stereocenters. The molecule has 0 heterocycles. The Morgan fingerprint density at radius 1 is 0.656 bits per heavy atom. The van der Waals surface area contributed by atoms with Crippen LogP contribution in [0, 0.1) is 0 Å². The minimum Gasteiger partial charge on any atom is -0.370 e. The second-order valence-electron chi connectivity index (χ2n) is 9.64. The normalized spacial score (nSPS) is 13.9. The van der Waals surface area contributed by atoms with Gasteiger partial charge in [0.1, 0.15) is 5.60 Å². The Morgan fingerprint density at radius 3 is 1.31 bits per heavy atom. The largest absolute Gasteiger partial charge is 0.370 e. The highest BCUT2D eigenvalue weighted by atomic mass is 16.9. The lowest BCUT2D eigenvalue weighted by Gasteiger charge is -2.50. The zero-order valence-corrected chi connectivity index (χ0v) is 23.4. The Hall–Kier alpha value is -0.420. The van der Waals surface area contributed by atoms with E-state index in [-0.39, 0.29) is 18.3 Å². The van der Waals surface area contributed by atoms with Crippen LogP contribution in [0.15, 0.2) is 12.7 Å². The van der Waals surface area contributed by atoms with E-state index in [1.54, 1.807) is 13.2 Å². The molecule has 0 rings (SSSR count). The summed E-state index contributed by atoms with van der Waals surface area (Å²) < 4.78 is 25.7. The summed E-state index contributed by atoms with van der Waals surface area (Å²) in [6.45, 7) is 22.0. The predicted octanol–water partition coefficient (Wildman–Crippen LogP) is 8.82. The third-order valence-corrected chi connectivity index (χ3v) is 5.24. The van der Waals surface area contributed by atoms with Gasteiger partial charge < -0.3 is 18.9 Å². The van der Waals surface area contributed by atoms with Gasteiger partial charge in [0.15, 0.2) is 0 Å². The first-order valence-electron chi connectivity index (χ1n) is 13.3. The third-order valence-electron chi connectivity index (χ3n) is 5.24. The Balaban J connectivity index is 0. The summed E-state index contributed by atoms with van der Waals surface area (Å²) in [4.78, 5) is 0. The first-order valence-corrected chi connectivity index (χ1v) is 13.3. The molecule has 0 saturated heterocycles. The molecular weight excluding hydrogens is 400 g/mol. The van der Waals surface area contributed by atoms with Crippen molar-refractivity contribution in [2.24, 2.45) is 0 Å². The van der Waals surface area contributed by atoms with Gasteiger partial charge in [-0.05, 0) is 61.3 Å². The summed E-state index contributed by atoms with van der Waals surface area (Å²) in [6, 6.07) is 0. The summed E-state index contributed by atoms with van der Waals surface area (Å²) in [5, 5.41) is 0. The van der Waals surface area contributed by atoms with Gasteiger partial charge in [0.2, 0.25) is 0 Å². The van der Waals surface area contributed by atoms with Gasteiger partial charge in [-0.1, -0.05) is 77.7 Å². The molecule has 0 bridgehead atoms. The molecule has 0 amide bonds. The number of hydrogen-bond acceptors (Lipinski definition) is 4. The molecule has 0 saturated carbocycles. The average Bonchev–Trinajstić information content (AvgIpc) is 2.68. The molecule has 1 unspecified atom stereocenters. The molecule has 194 valence electrons. The van der Waals surface area contributed by atoms with Crippen molar-refractivity contribution in [1.29, 1.82) is 0 Å². The monoisotopic (exact) mass is 458 g/mol. The second kappa shape index (κ2) is 20.0.